The molecule has 1 aliphatic rings. The zero-order valence-corrected chi connectivity index (χ0v) is 13.9. The van der Waals surface area contributed by atoms with Gasteiger partial charge in [-0.15, -0.1) is 0 Å². The van der Waals surface area contributed by atoms with E-state index >= 15 is 0 Å². The molecule has 0 atom stereocenters. The summed E-state index contributed by atoms with van der Waals surface area (Å²) in [6, 6.07) is 5.47. The highest BCUT2D eigenvalue weighted by Crippen LogP contribution is 2.18. The lowest BCUT2D eigenvalue weighted by Gasteiger charge is -2.31. The highest BCUT2D eigenvalue weighted by molar-refractivity contribution is 5.92. The lowest BCUT2D eigenvalue weighted by Crippen LogP contribution is -2.41. The van der Waals surface area contributed by atoms with Gasteiger partial charge in [0.2, 0.25) is 0 Å². The predicted molar refractivity (Wildman–Crippen MR) is 90.4 cm³/mol. The Morgan fingerprint density at radius 3 is 2.71 bits per heavy atom. The van der Waals surface area contributed by atoms with Gasteiger partial charge in [0.25, 0.3) is 5.91 Å². The van der Waals surface area contributed by atoms with E-state index in [9.17, 15) is 4.79 Å². The third kappa shape index (κ3) is 3.94. The number of likely N-dealkylation sites (tertiary alicyclic amines) is 1. The first kappa shape index (κ1) is 16.5. The summed E-state index contributed by atoms with van der Waals surface area (Å²) >= 11 is 0. The van der Waals surface area contributed by atoms with E-state index in [4.69, 9.17) is 4.74 Å². The SMILES string of the molecule is CCCOC1CCN(C(=O)c2cccc(-c3cncnc3)n2)CC1. The minimum atomic E-state index is -0.0253. The predicted octanol–water partition coefficient (Wildman–Crippen LogP) is 2.57. The molecule has 24 heavy (non-hydrogen) atoms. The fourth-order valence-electron chi connectivity index (χ4n) is 2.82. The first-order chi connectivity index (χ1) is 11.8. The lowest BCUT2D eigenvalue weighted by molar-refractivity contribution is 0.00885. The van der Waals surface area contributed by atoms with Crippen molar-refractivity contribution in [1.82, 2.24) is 19.9 Å². The van der Waals surface area contributed by atoms with Crippen molar-refractivity contribution in [1.29, 1.82) is 0 Å². The van der Waals surface area contributed by atoms with Crippen LogP contribution in [-0.4, -0.2) is 51.6 Å². The van der Waals surface area contributed by atoms with Crippen LogP contribution in [0.25, 0.3) is 11.3 Å². The molecule has 1 saturated heterocycles. The Labute approximate surface area is 141 Å². The zero-order valence-electron chi connectivity index (χ0n) is 13.9. The normalized spacial score (nSPS) is 15.5. The molecule has 0 unspecified atom stereocenters. The van der Waals surface area contributed by atoms with Crippen molar-refractivity contribution in [2.45, 2.75) is 32.3 Å². The number of aromatic nitrogens is 3. The maximum atomic E-state index is 12.7. The first-order valence-electron chi connectivity index (χ1n) is 8.41. The van der Waals surface area contributed by atoms with Gasteiger partial charge in [0, 0.05) is 37.7 Å². The minimum absolute atomic E-state index is 0.0253. The summed E-state index contributed by atoms with van der Waals surface area (Å²) in [4.78, 5) is 27.0. The van der Waals surface area contributed by atoms with E-state index in [-0.39, 0.29) is 12.0 Å². The molecule has 3 heterocycles. The summed E-state index contributed by atoms with van der Waals surface area (Å²) in [7, 11) is 0. The Bertz CT molecular complexity index is 670. The van der Waals surface area contributed by atoms with Gasteiger partial charge in [0.1, 0.15) is 12.0 Å². The van der Waals surface area contributed by atoms with Crippen LogP contribution >= 0.6 is 0 Å². The number of rotatable bonds is 5. The van der Waals surface area contributed by atoms with E-state index in [0.717, 1.165) is 31.4 Å². The number of hydrogen-bond donors (Lipinski definition) is 0. The van der Waals surface area contributed by atoms with Gasteiger partial charge in [-0.05, 0) is 31.4 Å². The summed E-state index contributed by atoms with van der Waals surface area (Å²) in [5, 5.41) is 0. The average Bonchev–Trinajstić information content (AvgIpc) is 2.67. The van der Waals surface area contributed by atoms with E-state index in [1.807, 2.05) is 17.0 Å². The number of carbonyl (C=O) groups is 1. The second-order valence-electron chi connectivity index (χ2n) is 5.90. The highest BCUT2D eigenvalue weighted by Gasteiger charge is 2.24. The van der Waals surface area contributed by atoms with Crippen LogP contribution in [0.3, 0.4) is 0 Å². The third-order valence-electron chi connectivity index (χ3n) is 4.11. The maximum Gasteiger partial charge on any atom is 0.272 e. The summed E-state index contributed by atoms with van der Waals surface area (Å²) in [6.45, 7) is 4.33. The highest BCUT2D eigenvalue weighted by atomic mass is 16.5. The molecule has 1 amide bonds. The van der Waals surface area contributed by atoms with Crippen LogP contribution in [0, 0.1) is 0 Å². The van der Waals surface area contributed by atoms with Gasteiger partial charge in [-0.1, -0.05) is 13.0 Å². The van der Waals surface area contributed by atoms with Gasteiger partial charge in [-0.2, -0.15) is 0 Å². The Morgan fingerprint density at radius 2 is 2.00 bits per heavy atom. The van der Waals surface area contributed by atoms with Gasteiger partial charge in [0.05, 0.1) is 11.8 Å². The van der Waals surface area contributed by atoms with Crippen molar-refractivity contribution in [2.24, 2.45) is 0 Å². The first-order valence-corrected chi connectivity index (χ1v) is 8.41. The van der Waals surface area contributed by atoms with Crippen molar-refractivity contribution in [3.8, 4) is 11.3 Å². The minimum Gasteiger partial charge on any atom is -0.378 e. The quantitative estimate of drug-likeness (QED) is 0.845. The molecule has 1 aliphatic heterocycles. The molecule has 2 aromatic heterocycles. The number of amides is 1. The molecule has 6 nitrogen and oxygen atoms in total. The van der Waals surface area contributed by atoms with Crippen LogP contribution in [0.4, 0.5) is 0 Å². The van der Waals surface area contributed by atoms with Crippen molar-refractivity contribution in [3.63, 3.8) is 0 Å². The number of piperidine rings is 1. The molecule has 0 saturated carbocycles. The molecule has 3 rings (SSSR count). The van der Waals surface area contributed by atoms with Gasteiger partial charge in [-0.25, -0.2) is 15.0 Å². The molecule has 0 radical (unpaired) electrons. The maximum absolute atomic E-state index is 12.7. The van der Waals surface area contributed by atoms with Crippen molar-refractivity contribution >= 4 is 5.91 Å². The Hall–Kier alpha value is -2.34. The summed E-state index contributed by atoms with van der Waals surface area (Å²) < 4.78 is 5.78. The van der Waals surface area contributed by atoms with Crippen LogP contribution in [-0.2, 0) is 4.74 Å². The molecule has 1 fully saturated rings. The summed E-state index contributed by atoms with van der Waals surface area (Å²) in [5.74, 6) is -0.0253. The molecule has 0 spiro atoms. The Kier molecular flexibility index (Phi) is 5.48. The topological polar surface area (TPSA) is 68.2 Å². The number of ether oxygens (including phenoxy) is 1. The smallest absolute Gasteiger partial charge is 0.272 e. The van der Waals surface area contributed by atoms with Crippen LogP contribution in [0.15, 0.2) is 36.9 Å². The number of hydrogen-bond acceptors (Lipinski definition) is 5. The molecule has 2 aromatic rings. The second kappa shape index (κ2) is 7.97. The lowest BCUT2D eigenvalue weighted by atomic mass is 10.1. The molecule has 0 aliphatic carbocycles. The van der Waals surface area contributed by atoms with Crippen LogP contribution < -0.4 is 0 Å². The third-order valence-corrected chi connectivity index (χ3v) is 4.11. The zero-order chi connectivity index (χ0) is 16.8. The Morgan fingerprint density at radius 1 is 1.25 bits per heavy atom. The van der Waals surface area contributed by atoms with Crippen molar-refractivity contribution in [3.05, 3.63) is 42.6 Å². The van der Waals surface area contributed by atoms with E-state index in [1.54, 1.807) is 18.5 Å². The van der Waals surface area contributed by atoms with Crippen LogP contribution in [0.2, 0.25) is 0 Å². The average molecular weight is 326 g/mol. The number of pyridine rings is 1. The van der Waals surface area contributed by atoms with Gasteiger partial charge in [-0.3, -0.25) is 4.79 Å². The number of carbonyl (C=O) groups excluding carboxylic acids is 1. The number of nitrogens with zero attached hydrogens (tertiary/aromatic N) is 4. The monoisotopic (exact) mass is 326 g/mol. The summed E-state index contributed by atoms with van der Waals surface area (Å²) in [5.41, 5.74) is 1.98. The van der Waals surface area contributed by atoms with Crippen LogP contribution in [0.1, 0.15) is 36.7 Å². The largest absolute Gasteiger partial charge is 0.378 e. The van der Waals surface area contributed by atoms with E-state index < -0.39 is 0 Å². The molecule has 0 N–H and O–H groups in total. The van der Waals surface area contributed by atoms with Gasteiger partial charge >= 0.3 is 0 Å². The van der Waals surface area contributed by atoms with E-state index in [0.29, 0.717) is 24.5 Å². The molecule has 126 valence electrons. The van der Waals surface area contributed by atoms with Crippen molar-refractivity contribution < 1.29 is 9.53 Å². The van der Waals surface area contributed by atoms with Crippen molar-refractivity contribution in [2.75, 3.05) is 19.7 Å². The molecule has 0 bridgehead atoms. The van der Waals surface area contributed by atoms with E-state index in [1.165, 1.54) is 6.33 Å². The van der Waals surface area contributed by atoms with Gasteiger partial charge in [0.15, 0.2) is 0 Å². The van der Waals surface area contributed by atoms with Gasteiger partial charge < -0.3 is 9.64 Å². The molecule has 6 heteroatoms. The van der Waals surface area contributed by atoms with E-state index in [2.05, 4.69) is 21.9 Å². The summed E-state index contributed by atoms with van der Waals surface area (Å²) in [6.07, 6.45) is 7.94. The molecular formula is C18H22N4O2. The van der Waals surface area contributed by atoms with Crippen LogP contribution in [0.5, 0.6) is 0 Å². The fraction of sp³-hybridized carbons (Fsp3) is 0.444. The fourth-order valence-corrected chi connectivity index (χ4v) is 2.82. The second-order valence-corrected chi connectivity index (χ2v) is 5.90. The molecular weight excluding hydrogens is 304 g/mol. The standard InChI is InChI=1S/C18H22N4O2/c1-2-10-24-15-6-8-22(9-7-15)18(23)17-5-3-4-16(21-17)14-11-19-13-20-12-14/h3-5,11-13,15H,2,6-10H2,1H3. The molecule has 0 aromatic carbocycles. The Balaban J connectivity index is 1.66.